The molecule has 7 nitrogen and oxygen atoms in total. The molecule has 1 amide bonds. The molecule has 2 heterocycles. The van der Waals surface area contributed by atoms with Crippen LogP contribution in [0.4, 0.5) is 18.9 Å². The minimum Gasteiger partial charge on any atom is -0.449 e. The molecule has 0 bridgehead atoms. The van der Waals surface area contributed by atoms with Gasteiger partial charge in [-0.1, -0.05) is 35.9 Å². The number of anilines is 1. The second kappa shape index (κ2) is 12.2. The number of H-pyrrole nitrogens is 1. The molecule has 11 heteroatoms. The monoisotopic (exact) mass is 551 g/mol. The van der Waals surface area contributed by atoms with Crippen molar-refractivity contribution in [2.75, 3.05) is 25.1 Å². The van der Waals surface area contributed by atoms with Gasteiger partial charge in [0.25, 0.3) is 0 Å². The summed E-state index contributed by atoms with van der Waals surface area (Å²) in [5.41, 5.74) is 2.80. The molecule has 4 rings (SSSR count). The number of halogens is 4. The van der Waals surface area contributed by atoms with Crippen LogP contribution in [-0.2, 0) is 25.5 Å². The number of hydrogen-bond donors (Lipinski definition) is 3. The summed E-state index contributed by atoms with van der Waals surface area (Å²) in [6.07, 6.45) is -2.52. The Labute approximate surface area is 223 Å². The number of esters is 1. The molecular formula is C27H29ClF3N3O4. The molecule has 1 aliphatic rings. The van der Waals surface area contributed by atoms with Gasteiger partial charge in [-0.15, -0.1) is 0 Å². The average molecular weight is 552 g/mol. The first-order valence-corrected chi connectivity index (χ1v) is 12.7. The zero-order valence-corrected chi connectivity index (χ0v) is 21.5. The van der Waals surface area contributed by atoms with Crippen molar-refractivity contribution in [3.8, 4) is 0 Å². The van der Waals surface area contributed by atoms with Gasteiger partial charge in [0, 0.05) is 48.3 Å². The highest BCUT2D eigenvalue weighted by Gasteiger charge is 2.42. The van der Waals surface area contributed by atoms with Crippen LogP contribution in [0.2, 0.25) is 5.02 Å². The molecule has 1 aliphatic heterocycles. The van der Waals surface area contributed by atoms with Gasteiger partial charge in [0.05, 0.1) is 11.2 Å². The Bertz CT molecular complexity index is 1270. The average Bonchev–Trinajstić information content (AvgIpc) is 3.29. The largest absolute Gasteiger partial charge is 0.490 e. The van der Waals surface area contributed by atoms with Crippen LogP contribution in [0.25, 0.3) is 10.9 Å². The molecule has 3 aromatic rings. The minimum atomic E-state index is -5.11. The van der Waals surface area contributed by atoms with Crippen LogP contribution in [0.3, 0.4) is 0 Å². The summed E-state index contributed by atoms with van der Waals surface area (Å²) in [5.74, 6) is -2.38. The first-order chi connectivity index (χ1) is 18.1. The van der Waals surface area contributed by atoms with Gasteiger partial charge < -0.3 is 25.1 Å². The fraction of sp³-hybridized carbons (Fsp3) is 0.407. The van der Waals surface area contributed by atoms with Gasteiger partial charge in [-0.3, -0.25) is 4.79 Å². The Balaban J connectivity index is 1.42. The number of rotatable bonds is 9. The molecule has 3 N–H and O–H groups in total. The molecule has 0 unspecified atom stereocenters. The second-order valence-corrected chi connectivity index (χ2v) is 9.81. The molecule has 204 valence electrons. The normalized spacial score (nSPS) is 16.2. The van der Waals surface area contributed by atoms with Gasteiger partial charge in [-0.2, -0.15) is 13.2 Å². The molecule has 0 aliphatic carbocycles. The van der Waals surface area contributed by atoms with Gasteiger partial charge in [0.1, 0.15) is 6.10 Å². The topological polar surface area (TPSA) is 92.5 Å². The fourth-order valence-electron chi connectivity index (χ4n) is 4.52. The number of nitrogens with one attached hydrogen (secondary N) is 3. The maximum Gasteiger partial charge on any atom is 0.490 e. The number of aromatic nitrogens is 1. The number of amides is 1. The number of aromatic amines is 1. The van der Waals surface area contributed by atoms with Crippen LogP contribution in [0.15, 0.2) is 48.7 Å². The smallest absolute Gasteiger partial charge is 0.449 e. The van der Waals surface area contributed by atoms with Crippen LogP contribution < -0.4 is 10.6 Å². The fourth-order valence-corrected chi connectivity index (χ4v) is 4.72. The van der Waals surface area contributed by atoms with Gasteiger partial charge in [-0.25, -0.2) is 4.79 Å². The molecule has 1 saturated heterocycles. The van der Waals surface area contributed by atoms with Crippen molar-refractivity contribution in [3.63, 3.8) is 0 Å². The second-order valence-electron chi connectivity index (χ2n) is 9.38. The van der Waals surface area contributed by atoms with E-state index < -0.39 is 18.2 Å². The van der Waals surface area contributed by atoms with Crippen LogP contribution in [0, 0.1) is 5.92 Å². The van der Waals surface area contributed by atoms with Crippen molar-refractivity contribution < 1.29 is 32.2 Å². The summed E-state index contributed by atoms with van der Waals surface area (Å²) >= 11 is 6.00. The predicted molar refractivity (Wildman–Crippen MR) is 138 cm³/mol. The van der Waals surface area contributed by atoms with E-state index in [1.165, 1.54) is 6.07 Å². The maximum atomic E-state index is 12.9. The Morgan fingerprint density at radius 2 is 1.92 bits per heavy atom. The third kappa shape index (κ3) is 7.06. The van der Waals surface area contributed by atoms with E-state index in [4.69, 9.17) is 21.1 Å². The Kier molecular flexibility index (Phi) is 8.96. The zero-order chi connectivity index (χ0) is 27.3. The number of ether oxygens (including phenoxy) is 2. The quantitative estimate of drug-likeness (QED) is 0.303. The number of fused-ring (bicyclic) bond motifs is 1. The van der Waals surface area contributed by atoms with Crippen molar-refractivity contribution in [3.05, 3.63) is 64.8 Å². The van der Waals surface area contributed by atoms with Crippen LogP contribution in [0.5, 0.6) is 0 Å². The van der Waals surface area contributed by atoms with Crippen molar-refractivity contribution in [1.29, 1.82) is 0 Å². The summed E-state index contributed by atoms with van der Waals surface area (Å²) in [6.45, 7) is 3.00. The lowest BCUT2D eigenvalue weighted by Crippen LogP contribution is -2.35. The Morgan fingerprint density at radius 1 is 1.18 bits per heavy atom. The minimum absolute atomic E-state index is 0.0348. The Hall–Kier alpha value is -3.08. The molecule has 0 spiro atoms. The number of carbonyl (C=O) groups excluding carboxylic acids is 2. The lowest BCUT2D eigenvalue weighted by Gasteiger charge is -2.22. The first-order valence-electron chi connectivity index (χ1n) is 12.4. The number of carbonyl (C=O) groups is 2. The van der Waals surface area contributed by atoms with Gasteiger partial charge >= 0.3 is 12.1 Å². The van der Waals surface area contributed by atoms with Gasteiger partial charge in [-0.05, 0) is 55.5 Å². The molecule has 2 aromatic carbocycles. The van der Waals surface area contributed by atoms with Crippen molar-refractivity contribution >= 4 is 40.1 Å². The van der Waals surface area contributed by atoms with E-state index in [9.17, 15) is 22.8 Å². The SMILES string of the molecule is C[C@H](Cc1c[nH]c2c(NC(=O)C3CCOCC3)cccc12)NC[C@@H](OC(=O)C(F)(F)F)c1cccc(Cl)c1. The van der Waals surface area contributed by atoms with E-state index in [2.05, 4.69) is 15.6 Å². The summed E-state index contributed by atoms with van der Waals surface area (Å²) in [4.78, 5) is 27.5. The summed E-state index contributed by atoms with van der Waals surface area (Å²) in [6, 6.07) is 11.7. The summed E-state index contributed by atoms with van der Waals surface area (Å²) in [5, 5.41) is 7.44. The molecule has 0 radical (unpaired) electrons. The highest BCUT2D eigenvalue weighted by Crippen LogP contribution is 2.29. The van der Waals surface area contributed by atoms with Crippen molar-refractivity contribution in [2.45, 2.75) is 44.5 Å². The van der Waals surface area contributed by atoms with Crippen molar-refractivity contribution in [1.82, 2.24) is 10.3 Å². The van der Waals surface area contributed by atoms with Crippen LogP contribution in [-0.4, -0.2) is 48.8 Å². The first kappa shape index (κ1) is 27.9. The van der Waals surface area contributed by atoms with Gasteiger partial charge in [0.2, 0.25) is 5.91 Å². The maximum absolute atomic E-state index is 12.9. The highest BCUT2D eigenvalue weighted by molar-refractivity contribution is 6.30. The molecule has 2 atom stereocenters. The third-order valence-electron chi connectivity index (χ3n) is 6.53. The van der Waals surface area contributed by atoms with Crippen LogP contribution in [0.1, 0.15) is 37.0 Å². The van der Waals surface area contributed by atoms with Crippen molar-refractivity contribution in [2.24, 2.45) is 5.92 Å². The van der Waals surface area contributed by atoms with E-state index in [0.717, 1.165) is 16.5 Å². The lowest BCUT2D eigenvalue weighted by atomic mass is 9.99. The Morgan fingerprint density at radius 3 is 2.63 bits per heavy atom. The van der Waals surface area contributed by atoms with E-state index >= 15 is 0 Å². The molecule has 0 saturated carbocycles. The molecule has 1 fully saturated rings. The molecule has 38 heavy (non-hydrogen) atoms. The third-order valence-corrected chi connectivity index (χ3v) is 6.77. The number of benzene rings is 2. The van der Waals surface area contributed by atoms with E-state index in [-0.39, 0.29) is 24.4 Å². The molecular weight excluding hydrogens is 523 g/mol. The number of para-hydroxylation sites is 1. The summed E-state index contributed by atoms with van der Waals surface area (Å²) < 4.78 is 48.7. The number of hydrogen-bond acceptors (Lipinski definition) is 5. The van der Waals surface area contributed by atoms with Gasteiger partial charge in [0.15, 0.2) is 0 Å². The lowest BCUT2D eigenvalue weighted by molar-refractivity contribution is -0.205. The zero-order valence-electron chi connectivity index (χ0n) is 20.7. The summed E-state index contributed by atoms with van der Waals surface area (Å²) in [7, 11) is 0. The van der Waals surface area contributed by atoms with Crippen LogP contribution >= 0.6 is 11.6 Å². The standard InChI is InChI=1S/C27H29ClF3N3O4/c1-16(32-15-23(38-26(36)27(29,30)31)18-4-2-5-20(28)13-18)12-19-14-33-24-21(19)6-3-7-22(24)34-25(35)17-8-10-37-11-9-17/h2-7,13-14,16-17,23,32-33H,8-12,15H2,1H3,(H,34,35)/t16-,23-/m1/s1. The van der Waals surface area contributed by atoms with E-state index in [1.54, 1.807) is 18.2 Å². The predicted octanol–water partition coefficient (Wildman–Crippen LogP) is 5.55. The van der Waals surface area contributed by atoms with E-state index in [0.29, 0.717) is 48.7 Å². The number of alkyl halides is 3. The molecule has 1 aromatic heterocycles. The highest BCUT2D eigenvalue weighted by atomic mass is 35.5. The van der Waals surface area contributed by atoms with E-state index in [1.807, 2.05) is 31.3 Å².